The summed E-state index contributed by atoms with van der Waals surface area (Å²) in [5.41, 5.74) is 0. The summed E-state index contributed by atoms with van der Waals surface area (Å²) in [6.45, 7) is 8.22. The van der Waals surface area contributed by atoms with Crippen molar-refractivity contribution in [3.63, 3.8) is 0 Å². The molecule has 0 bridgehead atoms. The number of nitrogens with one attached hydrogen (secondary N) is 1. The quantitative estimate of drug-likeness (QED) is 0.702. The standard InChI is InChI=1S/C22H33N5OS/c1-2-18-14-19-20(24-16-25-22(19)29-18)27-13-6-8-17(15-27)21(28)23-9-7-12-26-10-4-3-5-11-26/h14,16-17H,2-13,15H2,1H3,(H,23,28)/t17-/m0/s1. The number of hydrogen-bond acceptors (Lipinski definition) is 6. The summed E-state index contributed by atoms with van der Waals surface area (Å²) in [6.07, 6.45) is 9.74. The lowest BCUT2D eigenvalue weighted by Gasteiger charge is -2.33. The van der Waals surface area contributed by atoms with E-state index in [4.69, 9.17) is 0 Å². The van der Waals surface area contributed by atoms with Gasteiger partial charge < -0.3 is 15.1 Å². The number of carbonyl (C=O) groups excluding carboxylic acids is 1. The van der Waals surface area contributed by atoms with E-state index >= 15 is 0 Å². The SMILES string of the molecule is CCc1cc2c(N3CCC[C@H](C(=O)NCCCN4CCCCC4)C3)ncnc2s1. The summed E-state index contributed by atoms with van der Waals surface area (Å²) in [5, 5.41) is 4.33. The molecule has 4 rings (SSSR count). The fourth-order valence-electron chi connectivity index (χ4n) is 4.54. The van der Waals surface area contributed by atoms with Crippen LogP contribution < -0.4 is 10.2 Å². The Morgan fingerprint density at radius 1 is 1.21 bits per heavy atom. The predicted molar refractivity (Wildman–Crippen MR) is 120 cm³/mol. The molecule has 29 heavy (non-hydrogen) atoms. The van der Waals surface area contributed by atoms with Gasteiger partial charge in [-0.05, 0) is 64.2 Å². The highest BCUT2D eigenvalue weighted by Crippen LogP contribution is 2.32. The van der Waals surface area contributed by atoms with E-state index in [0.29, 0.717) is 0 Å². The number of piperidine rings is 2. The highest BCUT2D eigenvalue weighted by atomic mass is 32.1. The second kappa shape index (κ2) is 9.85. The van der Waals surface area contributed by atoms with Gasteiger partial charge in [0.25, 0.3) is 0 Å². The average molecular weight is 416 g/mol. The molecule has 2 aliphatic heterocycles. The second-order valence-electron chi connectivity index (χ2n) is 8.31. The monoisotopic (exact) mass is 415 g/mol. The van der Waals surface area contributed by atoms with Crippen LogP contribution in [0, 0.1) is 5.92 Å². The third-order valence-electron chi connectivity index (χ3n) is 6.20. The number of rotatable bonds is 7. The zero-order valence-corrected chi connectivity index (χ0v) is 18.3. The fraction of sp³-hybridized carbons (Fsp3) is 0.682. The third-order valence-corrected chi connectivity index (χ3v) is 7.39. The Labute approximate surface area is 177 Å². The maximum absolute atomic E-state index is 12.8. The molecule has 0 radical (unpaired) electrons. The number of thiophene rings is 1. The van der Waals surface area contributed by atoms with Crippen LogP contribution in [0.2, 0.25) is 0 Å². The van der Waals surface area contributed by atoms with Crippen LogP contribution in [0.3, 0.4) is 0 Å². The summed E-state index contributed by atoms with van der Waals surface area (Å²) < 4.78 is 0. The lowest BCUT2D eigenvalue weighted by molar-refractivity contribution is -0.125. The summed E-state index contributed by atoms with van der Waals surface area (Å²) in [5.74, 6) is 1.25. The van der Waals surface area contributed by atoms with Crippen molar-refractivity contribution in [1.29, 1.82) is 0 Å². The van der Waals surface area contributed by atoms with Crippen LogP contribution >= 0.6 is 11.3 Å². The minimum absolute atomic E-state index is 0.0491. The highest BCUT2D eigenvalue weighted by Gasteiger charge is 2.27. The molecule has 0 saturated carbocycles. The molecular weight excluding hydrogens is 382 g/mol. The van der Waals surface area contributed by atoms with Crippen molar-refractivity contribution in [2.24, 2.45) is 5.92 Å². The van der Waals surface area contributed by atoms with Crippen LogP contribution in [0.1, 0.15) is 50.3 Å². The third kappa shape index (κ3) is 5.07. The molecule has 1 atom stereocenters. The fourth-order valence-corrected chi connectivity index (χ4v) is 5.47. The molecule has 0 aromatic carbocycles. The van der Waals surface area contributed by atoms with Gasteiger partial charge in [-0.25, -0.2) is 9.97 Å². The largest absolute Gasteiger partial charge is 0.356 e. The van der Waals surface area contributed by atoms with Crippen LogP contribution in [0.4, 0.5) is 5.82 Å². The minimum Gasteiger partial charge on any atom is -0.356 e. The van der Waals surface area contributed by atoms with Crippen molar-refractivity contribution >= 4 is 33.3 Å². The Morgan fingerprint density at radius 3 is 2.90 bits per heavy atom. The molecule has 4 heterocycles. The van der Waals surface area contributed by atoms with Crippen molar-refractivity contribution in [3.05, 3.63) is 17.3 Å². The van der Waals surface area contributed by atoms with E-state index in [1.807, 2.05) is 0 Å². The second-order valence-corrected chi connectivity index (χ2v) is 9.43. The summed E-state index contributed by atoms with van der Waals surface area (Å²) in [6, 6.07) is 2.22. The maximum Gasteiger partial charge on any atom is 0.224 e. The molecule has 1 amide bonds. The molecule has 2 aromatic rings. The zero-order chi connectivity index (χ0) is 20.1. The van der Waals surface area contributed by atoms with Crippen LogP contribution in [0.15, 0.2) is 12.4 Å². The smallest absolute Gasteiger partial charge is 0.224 e. The zero-order valence-electron chi connectivity index (χ0n) is 17.5. The van der Waals surface area contributed by atoms with Gasteiger partial charge in [-0.2, -0.15) is 0 Å². The Balaban J connectivity index is 1.31. The van der Waals surface area contributed by atoms with Gasteiger partial charge >= 0.3 is 0 Å². The Kier molecular flexibility index (Phi) is 6.98. The molecule has 0 unspecified atom stereocenters. The van der Waals surface area contributed by atoms with Gasteiger partial charge in [0.1, 0.15) is 17.0 Å². The number of aromatic nitrogens is 2. The molecule has 1 N–H and O–H groups in total. The van der Waals surface area contributed by atoms with E-state index in [9.17, 15) is 4.79 Å². The van der Waals surface area contributed by atoms with Gasteiger partial charge in [-0.1, -0.05) is 13.3 Å². The van der Waals surface area contributed by atoms with Crippen LogP contribution in [-0.2, 0) is 11.2 Å². The van der Waals surface area contributed by atoms with E-state index in [2.05, 4.69) is 38.1 Å². The predicted octanol–water partition coefficient (Wildman–Crippen LogP) is 3.46. The normalized spacial score (nSPS) is 20.9. The average Bonchev–Trinajstić information content (AvgIpc) is 3.21. The first-order valence-electron chi connectivity index (χ1n) is 11.2. The first-order valence-corrected chi connectivity index (χ1v) is 12.0. The van der Waals surface area contributed by atoms with Crippen molar-refractivity contribution in [2.75, 3.05) is 44.2 Å². The summed E-state index contributed by atoms with van der Waals surface area (Å²) in [4.78, 5) is 29.0. The number of hydrogen-bond donors (Lipinski definition) is 1. The molecule has 0 spiro atoms. The first kappa shape index (κ1) is 20.5. The summed E-state index contributed by atoms with van der Waals surface area (Å²) in [7, 11) is 0. The van der Waals surface area contributed by atoms with Crippen LogP contribution in [0.5, 0.6) is 0 Å². The number of aryl methyl sites for hydroxylation is 1. The van der Waals surface area contributed by atoms with E-state index in [-0.39, 0.29) is 11.8 Å². The highest BCUT2D eigenvalue weighted by molar-refractivity contribution is 7.18. The van der Waals surface area contributed by atoms with Gasteiger partial charge in [0.2, 0.25) is 5.91 Å². The van der Waals surface area contributed by atoms with E-state index in [0.717, 1.165) is 67.9 Å². The molecule has 2 aliphatic rings. The van der Waals surface area contributed by atoms with Gasteiger partial charge in [-0.15, -0.1) is 11.3 Å². The Hall–Kier alpha value is -1.73. The summed E-state index contributed by atoms with van der Waals surface area (Å²) >= 11 is 1.75. The van der Waals surface area contributed by atoms with Crippen molar-refractivity contribution < 1.29 is 4.79 Å². The van der Waals surface area contributed by atoms with Gasteiger partial charge in [0, 0.05) is 24.5 Å². The lowest BCUT2D eigenvalue weighted by Crippen LogP contribution is -2.44. The molecule has 0 aliphatic carbocycles. The first-order chi connectivity index (χ1) is 14.2. The van der Waals surface area contributed by atoms with E-state index in [1.54, 1.807) is 17.7 Å². The number of carbonyl (C=O) groups is 1. The molecule has 2 aromatic heterocycles. The number of fused-ring (bicyclic) bond motifs is 1. The van der Waals surface area contributed by atoms with Gasteiger partial charge in [0.15, 0.2) is 0 Å². The van der Waals surface area contributed by atoms with Crippen molar-refractivity contribution in [2.45, 2.75) is 51.9 Å². The number of likely N-dealkylation sites (tertiary alicyclic amines) is 1. The molecule has 7 heteroatoms. The Morgan fingerprint density at radius 2 is 2.07 bits per heavy atom. The Bertz CT molecular complexity index is 817. The van der Waals surface area contributed by atoms with Crippen LogP contribution in [-0.4, -0.2) is 60.0 Å². The molecule has 2 fully saturated rings. The van der Waals surface area contributed by atoms with Gasteiger partial charge in [-0.3, -0.25) is 4.79 Å². The lowest BCUT2D eigenvalue weighted by atomic mass is 9.97. The number of nitrogens with zero attached hydrogens (tertiary/aromatic N) is 4. The van der Waals surface area contributed by atoms with Crippen molar-refractivity contribution in [3.8, 4) is 0 Å². The maximum atomic E-state index is 12.8. The van der Waals surface area contributed by atoms with E-state index in [1.165, 1.54) is 37.2 Å². The minimum atomic E-state index is 0.0491. The molecule has 6 nitrogen and oxygen atoms in total. The molecular formula is C22H33N5OS. The van der Waals surface area contributed by atoms with Crippen LogP contribution in [0.25, 0.3) is 10.2 Å². The number of amides is 1. The molecule has 2 saturated heterocycles. The topological polar surface area (TPSA) is 61.4 Å². The van der Waals surface area contributed by atoms with E-state index < -0.39 is 0 Å². The van der Waals surface area contributed by atoms with Gasteiger partial charge in [0.05, 0.1) is 11.3 Å². The molecule has 158 valence electrons. The number of anilines is 1. The van der Waals surface area contributed by atoms with Crippen molar-refractivity contribution in [1.82, 2.24) is 20.2 Å².